The number of hydrogen-bond acceptors (Lipinski definition) is 5. The Morgan fingerprint density at radius 3 is 3.00 bits per heavy atom. The molecule has 0 saturated heterocycles. The van der Waals surface area contributed by atoms with E-state index in [0.29, 0.717) is 5.01 Å². The Hall–Kier alpha value is -1.04. The van der Waals surface area contributed by atoms with Gasteiger partial charge in [0.15, 0.2) is 0 Å². The number of rotatable bonds is 2. The zero-order valence-electron chi connectivity index (χ0n) is 4.31. The maximum Gasteiger partial charge on any atom is 0.310 e. The Morgan fingerprint density at radius 2 is 2.56 bits per heavy atom. The zero-order chi connectivity index (χ0) is 6.69. The maximum absolute atomic E-state index is 9.98. The van der Waals surface area contributed by atoms with Crippen molar-refractivity contribution in [2.45, 2.75) is 6.42 Å². The first-order valence-electron chi connectivity index (χ1n) is 2.15. The van der Waals surface area contributed by atoms with Gasteiger partial charge in [-0.3, -0.25) is 4.79 Å². The van der Waals surface area contributed by atoms with Crippen LogP contribution in [0.15, 0.2) is 0 Å². The van der Waals surface area contributed by atoms with Crippen LogP contribution in [0.25, 0.3) is 0 Å². The van der Waals surface area contributed by atoms with E-state index in [0.717, 1.165) is 11.5 Å². The molecule has 0 saturated carbocycles. The highest BCUT2D eigenvalue weighted by Crippen LogP contribution is 1.97. The lowest BCUT2D eigenvalue weighted by atomic mass is 10.5. The summed E-state index contributed by atoms with van der Waals surface area (Å²) in [4.78, 5) is 9.98. The summed E-state index contributed by atoms with van der Waals surface area (Å²) >= 11 is 0.998. The number of hydrogen-bond donors (Lipinski definition) is 1. The lowest BCUT2D eigenvalue weighted by Gasteiger charge is -1.80. The molecule has 0 aromatic carbocycles. The van der Waals surface area contributed by atoms with E-state index in [-0.39, 0.29) is 6.42 Å². The molecule has 0 atom stereocenters. The van der Waals surface area contributed by atoms with Crippen LogP contribution in [0.3, 0.4) is 0 Å². The summed E-state index contributed by atoms with van der Waals surface area (Å²) in [7, 11) is 0. The Kier molecular flexibility index (Phi) is 1.69. The third kappa shape index (κ3) is 1.73. The molecular formula is C3H3N3O2S. The molecule has 1 N–H and O–H groups in total. The van der Waals surface area contributed by atoms with E-state index in [1.54, 1.807) is 0 Å². The summed E-state index contributed by atoms with van der Waals surface area (Å²) in [6.45, 7) is 0. The van der Waals surface area contributed by atoms with E-state index in [2.05, 4.69) is 14.8 Å². The van der Waals surface area contributed by atoms with Gasteiger partial charge in [0.25, 0.3) is 0 Å². The Morgan fingerprint density at radius 1 is 1.78 bits per heavy atom. The number of carboxylic acid groups (broad SMARTS) is 1. The number of aromatic nitrogens is 3. The van der Waals surface area contributed by atoms with E-state index in [1.165, 1.54) is 0 Å². The molecule has 5 nitrogen and oxygen atoms in total. The maximum atomic E-state index is 9.98. The molecule has 6 heteroatoms. The molecule has 1 aromatic rings. The van der Waals surface area contributed by atoms with Crippen molar-refractivity contribution in [3.8, 4) is 0 Å². The van der Waals surface area contributed by atoms with Crippen molar-refractivity contribution in [2.75, 3.05) is 0 Å². The molecule has 0 amide bonds. The molecule has 0 unspecified atom stereocenters. The molecule has 0 fully saturated rings. The van der Waals surface area contributed by atoms with Crippen molar-refractivity contribution in [3.63, 3.8) is 0 Å². The topological polar surface area (TPSA) is 76.0 Å². The van der Waals surface area contributed by atoms with Crippen molar-refractivity contribution < 1.29 is 9.90 Å². The predicted molar refractivity (Wildman–Crippen MR) is 29.0 cm³/mol. The van der Waals surface area contributed by atoms with Gasteiger partial charge in [-0.1, -0.05) is 4.49 Å². The van der Waals surface area contributed by atoms with Crippen LogP contribution in [0.2, 0.25) is 0 Å². The van der Waals surface area contributed by atoms with Gasteiger partial charge < -0.3 is 5.11 Å². The fraction of sp³-hybridized carbons (Fsp3) is 0.333. The zero-order valence-corrected chi connectivity index (χ0v) is 5.13. The smallest absolute Gasteiger partial charge is 0.310 e. The minimum absolute atomic E-state index is 0.0856. The van der Waals surface area contributed by atoms with Crippen molar-refractivity contribution in [1.82, 2.24) is 14.8 Å². The first-order valence-corrected chi connectivity index (χ1v) is 2.92. The van der Waals surface area contributed by atoms with Gasteiger partial charge in [-0.05, 0) is 5.21 Å². The summed E-state index contributed by atoms with van der Waals surface area (Å²) in [5, 5.41) is 15.3. The van der Waals surface area contributed by atoms with Gasteiger partial charge in [0, 0.05) is 11.5 Å². The summed E-state index contributed by atoms with van der Waals surface area (Å²) < 4.78 is 3.39. The van der Waals surface area contributed by atoms with Crippen molar-refractivity contribution in [1.29, 1.82) is 0 Å². The van der Waals surface area contributed by atoms with E-state index < -0.39 is 5.97 Å². The van der Waals surface area contributed by atoms with Crippen LogP contribution in [-0.2, 0) is 11.2 Å². The lowest BCUT2D eigenvalue weighted by Crippen LogP contribution is -1.98. The summed E-state index contributed by atoms with van der Waals surface area (Å²) in [6, 6.07) is 0. The predicted octanol–water partition coefficient (Wildman–Crippen LogP) is -0.440. The fourth-order valence-electron chi connectivity index (χ4n) is 0.349. The van der Waals surface area contributed by atoms with Gasteiger partial charge in [0.2, 0.25) is 0 Å². The van der Waals surface area contributed by atoms with Crippen LogP contribution >= 0.6 is 11.5 Å². The van der Waals surface area contributed by atoms with E-state index in [9.17, 15) is 4.79 Å². The fourth-order valence-corrected chi connectivity index (χ4v) is 0.777. The van der Waals surface area contributed by atoms with E-state index in [4.69, 9.17) is 5.11 Å². The molecule has 0 aliphatic heterocycles. The molecule has 0 aliphatic rings. The quantitative estimate of drug-likeness (QED) is 0.610. The van der Waals surface area contributed by atoms with Gasteiger partial charge in [-0.25, -0.2) is 0 Å². The van der Waals surface area contributed by atoms with Gasteiger partial charge in [0.1, 0.15) is 11.4 Å². The Labute approximate surface area is 54.5 Å². The highest BCUT2D eigenvalue weighted by Gasteiger charge is 2.02. The van der Waals surface area contributed by atoms with Gasteiger partial charge >= 0.3 is 5.97 Å². The van der Waals surface area contributed by atoms with Crippen molar-refractivity contribution in [3.05, 3.63) is 5.01 Å². The first kappa shape index (κ1) is 6.09. The number of nitrogens with zero attached hydrogens (tertiary/aromatic N) is 3. The molecule has 0 radical (unpaired) electrons. The molecule has 0 aliphatic carbocycles. The highest BCUT2D eigenvalue weighted by molar-refractivity contribution is 7.05. The largest absolute Gasteiger partial charge is 0.481 e. The van der Waals surface area contributed by atoms with Crippen LogP contribution in [0.4, 0.5) is 0 Å². The summed E-state index contributed by atoms with van der Waals surface area (Å²) in [5.74, 6) is -0.909. The molecule has 0 bridgehead atoms. The normalized spacial score (nSPS) is 9.33. The number of carbonyl (C=O) groups is 1. The average Bonchev–Trinajstić information content (AvgIpc) is 2.15. The number of carboxylic acids is 1. The van der Waals surface area contributed by atoms with Crippen molar-refractivity contribution in [2.24, 2.45) is 0 Å². The molecule has 1 rings (SSSR count). The second kappa shape index (κ2) is 2.49. The van der Waals surface area contributed by atoms with Crippen molar-refractivity contribution >= 4 is 17.5 Å². The number of aliphatic carboxylic acids is 1. The lowest BCUT2D eigenvalue weighted by molar-refractivity contribution is -0.136. The van der Waals surface area contributed by atoms with Crippen LogP contribution in [0, 0.1) is 0 Å². The van der Waals surface area contributed by atoms with Crippen LogP contribution < -0.4 is 0 Å². The third-order valence-corrected chi connectivity index (χ3v) is 1.23. The Balaban J connectivity index is 2.58. The van der Waals surface area contributed by atoms with Gasteiger partial charge in [-0.2, -0.15) is 0 Å². The average molecular weight is 145 g/mol. The summed E-state index contributed by atoms with van der Waals surface area (Å²) in [5.41, 5.74) is 0. The second-order valence-electron chi connectivity index (χ2n) is 1.33. The summed E-state index contributed by atoms with van der Waals surface area (Å²) in [6.07, 6.45) is -0.0856. The molecule has 1 heterocycles. The van der Waals surface area contributed by atoms with Crippen LogP contribution in [0.1, 0.15) is 5.01 Å². The SMILES string of the molecule is O=C(O)Cc1nnns1. The molecule has 48 valence electrons. The van der Waals surface area contributed by atoms with Gasteiger partial charge in [0.05, 0.1) is 0 Å². The Bertz CT molecular complexity index is 197. The second-order valence-corrected chi connectivity index (χ2v) is 2.14. The highest BCUT2D eigenvalue weighted by atomic mass is 32.1. The minimum Gasteiger partial charge on any atom is -0.481 e. The third-order valence-electron chi connectivity index (χ3n) is 0.641. The molecular weight excluding hydrogens is 142 g/mol. The molecule has 9 heavy (non-hydrogen) atoms. The molecule has 0 spiro atoms. The van der Waals surface area contributed by atoms with Crippen LogP contribution in [0.5, 0.6) is 0 Å². The van der Waals surface area contributed by atoms with Gasteiger partial charge in [-0.15, -0.1) is 5.10 Å². The minimum atomic E-state index is -0.909. The van der Waals surface area contributed by atoms with E-state index in [1.807, 2.05) is 0 Å². The van der Waals surface area contributed by atoms with Crippen LogP contribution in [-0.4, -0.2) is 25.9 Å². The standard InChI is InChI=1S/C3H3N3O2S/c7-3(8)1-2-4-5-6-9-2/h1H2,(H,7,8). The first-order chi connectivity index (χ1) is 4.29. The monoisotopic (exact) mass is 145 g/mol. The molecule has 1 aromatic heterocycles. The van der Waals surface area contributed by atoms with E-state index >= 15 is 0 Å².